The average molecular weight is 170 g/mol. The Morgan fingerprint density at radius 3 is 1.25 bits per heavy atom. The van der Waals surface area contributed by atoms with Crippen LogP contribution in [-0.2, 0) is 12.7 Å². The average Bonchev–Trinajstić information content (AvgIpc) is 0.918. The van der Waals surface area contributed by atoms with Crippen LogP contribution in [0.1, 0.15) is 0 Å². The van der Waals surface area contributed by atoms with Crippen LogP contribution in [0.2, 0.25) is 0 Å². The predicted molar refractivity (Wildman–Crippen MR) is 18.9 cm³/mol. The van der Waals surface area contributed by atoms with Crippen molar-refractivity contribution >= 4 is 71.8 Å². The molecule has 0 saturated carbocycles. The second-order valence-corrected chi connectivity index (χ2v) is 1.68. The van der Waals surface area contributed by atoms with Crippen molar-refractivity contribution in [2.45, 2.75) is 0 Å². The molecule has 0 bridgehead atoms. The fourth-order valence-corrected chi connectivity index (χ4v) is 0. The molecule has 0 aliphatic heterocycles. The van der Waals surface area contributed by atoms with Crippen LogP contribution in [0.3, 0.4) is 0 Å². The third-order valence-electron chi connectivity index (χ3n) is 0. The van der Waals surface area contributed by atoms with Crippen molar-refractivity contribution < 1.29 is 12.7 Å². The van der Waals surface area contributed by atoms with Gasteiger partial charge in [0.1, 0.15) is 0 Å². The van der Waals surface area contributed by atoms with Crippen LogP contribution in [-0.4, -0.2) is 51.4 Å². The molecule has 0 aromatic carbocycles. The molecule has 0 heterocycles. The summed E-state index contributed by atoms with van der Waals surface area (Å²) in [5.74, 6) is 0. The van der Waals surface area contributed by atoms with Gasteiger partial charge in [0, 0.05) is 0 Å². The quantitative estimate of drug-likeness (QED) is 0.469. The molecule has 0 amide bonds. The number of hydrogen-bond acceptors (Lipinski definition) is 0. The Balaban J connectivity index is 0. The first-order valence-electron chi connectivity index (χ1n) is 0.239. The maximum atomic E-state index is 4.70. The van der Waals surface area contributed by atoms with Gasteiger partial charge in [0.15, 0.2) is 0 Å². The summed E-state index contributed by atoms with van der Waals surface area (Å²) < 4.78 is 0. The maximum absolute atomic E-state index is 4.70. The summed E-state index contributed by atoms with van der Waals surface area (Å²) in [6.45, 7) is 0. The minimum absolute atomic E-state index is 0. The third-order valence-corrected chi connectivity index (χ3v) is 0. The van der Waals surface area contributed by atoms with E-state index in [-0.39, 0.29) is 51.4 Å². The summed E-state index contributed by atoms with van der Waals surface area (Å²) in [6, 6.07) is 0. The Bertz CT molecular complexity index is 6.00. The van der Waals surface area contributed by atoms with Crippen LogP contribution in [0.25, 0.3) is 0 Å². The molecule has 0 unspecified atom stereocenters. The molecule has 0 nitrogen and oxygen atoms in total. The second-order valence-electron chi connectivity index (χ2n) is 0.0452. The summed E-state index contributed by atoms with van der Waals surface area (Å²) in [4.78, 5) is 0. The van der Waals surface area contributed by atoms with E-state index in [4.69, 9.17) is 20.4 Å². The van der Waals surface area contributed by atoms with E-state index in [1.807, 2.05) is 0 Å². The zero-order valence-corrected chi connectivity index (χ0v) is 3.57. The standard InChI is InChI=1S/2ClH.K.Ni.H/h2*1H;;;/q;;;+2;/p-2. The van der Waals surface area contributed by atoms with Crippen molar-refractivity contribution in [2.24, 2.45) is 0 Å². The number of rotatable bonds is 0. The Labute approximate surface area is 82.4 Å². The molecule has 0 aliphatic rings. The molecule has 0 aromatic heterocycles. The SMILES string of the molecule is [Cl][Ni][Cl].[KH]. The third kappa shape index (κ3) is 8.83. The summed E-state index contributed by atoms with van der Waals surface area (Å²) in [6.07, 6.45) is 0. The van der Waals surface area contributed by atoms with Gasteiger partial charge in [0.25, 0.3) is 0 Å². The molecular weight excluding hydrogens is 169 g/mol. The van der Waals surface area contributed by atoms with E-state index in [0.717, 1.165) is 0 Å². The Morgan fingerprint density at radius 1 is 1.25 bits per heavy atom. The molecule has 0 rings (SSSR count). The number of halogens is 2. The van der Waals surface area contributed by atoms with Crippen molar-refractivity contribution in [3.8, 4) is 0 Å². The van der Waals surface area contributed by atoms with E-state index in [0.29, 0.717) is 12.7 Å². The molecular formula is HCl2KNi. The van der Waals surface area contributed by atoms with E-state index in [9.17, 15) is 0 Å². The molecule has 4 heavy (non-hydrogen) atoms. The first-order chi connectivity index (χ1) is 1.41. The van der Waals surface area contributed by atoms with E-state index < -0.39 is 0 Å². The molecule has 0 fully saturated rings. The van der Waals surface area contributed by atoms with Gasteiger partial charge < -0.3 is 0 Å². The summed E-state index contributed by atoms with van der Waals surface area (Å²) in [5.41, 5.74) is 0. The topological polar surface area (TPSA) is 0 Å². The van der Waals surface area contributed by atoms with Gasteiger partial charge in [-0.3, -0.25) is 0 Å². The molecule has 0 spiro atoms. The molecule has 4 heteroatoms. The van der Waals surface area contributed by atoms with Gasteiger partial charge in [0.2, 0.25) is 0 Å². The Hall–Kier alpha value is 2.71. The van der Waals surface area contributed by atoms with E-state index in [1.165, 1.54) is 0 Å². The van der Waals surface area contributed by atoms with Crippen molar-refractivity contribution in [3.63, 3.8) is 0 Å². The second kappa shape index (κ2) is 9.20. The van der Waals surface area contributed by atoms with Crippen LogP contribution in [0, 0.1) is 0 Å². The molecule has 0 radical (unpaired) electrons. The van der Waals surface area contributed by atoms with Gasteiger partial charge in [-0.15, -0.1) is 0 Å². The van der Waals surface area contributed by atoms with Gasteiger partial charge in [-0.25, -0.2) is 0 Å². The molecule has 26 valence electrons. The van der Waals surface area contributed by atoms with Crippen molar-refractivity contribution in [1.82, 2.24) is 0 Å². The Morgan fingerprint density at radius 2 is 1.25 bits per heavy atom. The first kappa shape index (κ1) is 9.86. The zero-order valence-electron chi connectivity index (χ0n) is 1.07. The van der Waals surface area contributed by atoms with Crippen LogP contribution in [0.5, 0.6) is 0 Å². The van der Waals surface area contributed by atoms with Gasteiger partial charge in [0.05, 0.1) is 0 Å². The monoisotopic (exact) mass is 168 g/mol. The van der Waals surface area contributed by atoms with Crippen molar-refractivity contribution in [3.05, 3.63) is 0 Å². The number of hydrogen-bond donors (Lipinski definition) is 0. The van der Waals surface area contributed by atoms with Gasteiger partial charge in [-0.2, -0.15) is 0 Å². The van der Waals surface area contributed by atoms with Gasteiger partial charge in [-0.1, -0.05) is 0 Å². The fourth-order valence-electron chi connectivity index (χ4n) is 0. The first-order valence-corrected chi connectivity index (χ1v) is 2.96. The summed E-state index contributed by atoms with van der Waals surface area (Å²) in [7, 11) is 9.40. The summed E-state index contributed by atoms with van der Waals surface area (Å²) >= 11 is 0.569. The zero-order chi connectivity index (χ0) is 2.71. The molecule has 0 atom stereocenters. The van der Waals surface area contributed by atoms with Crippen LogP contribution >= 0.6 is 20.4 Å². The van der Waals surface area contributed by atoms with E-state index >= 15 is 0 Å². The molecule has 0 aliphatic carbocycles. The fraction of sp³-hybridized carbons (Fsp3) is 0. The molecule has 0 aromatic rings. The van der Waals surface area contributed by atoms with Crippen LogP contribution in [0.4, 0.5) is 0 Å². The van der Waals surface area contributed by atoms with Crippen molar-refractivity contribution in [1.29, 1.82) is 0 Å². The van der Waals surface area contributed by atoms with Crippen LogP contribution < -0.4 is 0 Å². The Kier molecular flexibility index (Phi) is 22.7. The van der Waals surface area contributed by atoms with Gasteiger partial charge >= 0.3 is 84.4 Å². The van der Waals surface area contributed by atoms with E-state index in [1.54, 1.807) is 0 Å². The van der Waals surface area contributed by atoms with Crippen molar-refractivity contribution in [2.75, 3.05) is 0 Å². The van der Waals surface area contributed by atoms with E-state index in [2.05, 4.69) is 0 Å². The minimum atomic E-state index is 0. The summed E-state index contributed by atoms with van der Waals surface area (Å²) in [5, 5.41) is 0. The molecule has 0 N–H and O–H groups in total. The van der Waals surface area contributed by atoms with Crippen LogP contribution in [0.15, 0.2) is 0 Å². The normalized spacial score (nSPS) is 5.50. The predicted octanol–water partition coefficient (Wildman–Crippen LogP) is 0.728. The van der Waals surface area contributed by atoms with Gasteiger partial charge in [-0.05, 0) is 0 Å². The molecule has 0 saturated heterocycles.